The SMILES string of the molecule is COc1ccc(C2N=C3C=CC=CN3c3c2c(C)nn3C(=O)c2ccc([N+](=O)[O-])cc2)cc1OC. The largest absolute Gasteiger partial charge is 0.493 e. The second-order valence-electron chi connectivity index (χ2n) is 7.92. The van der Waals surface area contributed by atoms with Crippen LogP contribution in [0.2, 0.25) is 0 Å². The predicted octanol–water partition coefficient (Wildman–Crippen LogP) is 4.20. The molecule has 3 heterocycles. The van der Waals surface area contributed by atoms with Crippen LogP contribution in [0.5, 0.6) is 11.5 Å². The lowest BCUT2D eigenvalue weighted by atomic mass is 9.96. The zero-order chi connectivity index (χ0) is 24.7. The van der Waals surface area contributed by atoms with Crippen molar-refractivity contribution in [1.29, 1.82) is 0 Å². The van der Waals surface area contributed by atoms with Gasteiger partial charge in [0, 0.05) is 29.5 Å². The Kier molecular flexibility index (Phi) is 5.40. The molecule has 0 aliphatic carbocycles. The van der Waals surface area contributed by atoms with E-state index in [2.05, 4.69) is 5.10 Å². The standard InChI is InChI=1S/C25H21N5O5/c1-15-22-23(17-9-12-19(34-2)20(14-17)35-3)26-21-6-4-5-13-28(21)24(22)29(27-15)25(31)16-7-10-18(11-8-16)30(32)33/h4-14,23H,1-3H3. The zero-order valence-electron chi connectivity index (χ0n) is 19.2. The molecule has 1 unspecified atom stereocenters. The summed E-state index contributed by atoms with van der Waals surface area (Å²) in [6, 6.07) is 10.6. The molecule has 2 aliphatic rings. The van der Waals surface area contributed by atoms with Crippen LogP contribution >= 0.6 is 0 Å². The van der Waals surface area contributed by atoms with Crippen molar-refractivity contribution in [2.24, 2.45) is 4.99 Å². The number of nitro benzene ring substituents is 1. The predicted molar refractivity (Wildman–Crippen MR) is 129 cm³/mol. The van der Waals surface area contributed by atoms with Gasteiger partial charge in [0.1, 0.15) is 11.9 Å². The summed E-state index contributed by atoms with van der Waals surface area (Å²) in [7, 11) is 3.15. The quantitative estimate of drug-likeness (QED) is 0.405. The molecular weight excluding hydrogens is 450 g/mol. The van der Waals surface area contributed by atoms with Crippen molar-refractivity contribution in [2.75, 3.05) is 19.1 Å². The molecule has 5 rings (SSSR count). The van der Waals surface area contributed by atoms with E-state index in [0.29, 0.717) is 28.8 Å². The number of non-ortho nitro benzene ring substituents is 1. The fourth-order valence-electron chi connectivity index (χ4n) is 4.25. The Bertz CT molecular complexity index is 1440. The lowest BCUT2D eigenvalue weighted by Gasteiger charge is -2.31. The van der Waals surface area contributed by atoms with Crippen LogP contribution in [0.25, 0.3) is 0 Å². The number of ether oxygens (including phenoxy) is 2. The first kappa shape index (κ1) is 22.1. The van der Waals surface area contributed by atoms with Gasteiger partial charge in [-0.15, -0.1) is 0 Å². The van der Waals surface area contributed by atoms with Crippen LogP contribution in [0, 0.1) is 17.0 Å². The second-order valence-corrected chi connectivity index (χ2v) is 7.92. The molecule has 3 aromatic rings. The Morgan fingerprint density at radius 1 is 1.06 bits per heavy atom. The number of aryl methyl sites for hydroxylation is 1. The molecule has 0 spiro atoms. The molecule has 2 aromatic carbocycles. The Hall–Kier alpha value is -4.73. The average Bonchev–Trinajstić information content (AvgIpc) is 3.24. The first-order chi connectivity index (χ1) is 16.9. The topological polar surface area (TPSA) is 112 Å². The smallest absolute Gasteiger partial charge is 0.280 e. The lowest BCUT2D eigenvalue weighted by molar-refractivity contribution is -0.384. The van der Waals surface area contributed by atoms with Crippen molar-refractivity contribution in [3.05, 3.63) is 99.4 Å². The van der Waals surface area contributed by atoms with E-state index in [4.69, 9.17) is 14.5 Å². The van der Waals surface area contributed by atoms with Gasteiger partial charge in [-0.3, -0.25) is 24.8 Å². The third-order valence-electron chi connectivity index (χ3n) is 5.92. The summed E-state index contributed by atoms with van der Waals surface area (Å²) < 4.78 is 12.2. The molecule has 0 amide bonds. The van der Waals surface area contributed by atoms with Gasteiger partial charge >= 0.3 is 0 Å². The molecule has 0 radical (unpaired) electrons. The normalized spacial score (nSPS) is 15.8. The molecule has 2 aliphatic heterocycles. The van der Waals surface area contributed by atoms with Crippen molar-refractivity contribution in [1.82, 2.24) is 9.78 Å². The molecule has 176 valence electrons. The van der Waals surface area contributed by atoms with E-state index in [0.717, 1.165) is 11.1 Å². The minimum atomic E-state index is -0.504. The van der Waals surface area contributed by atoms with Crippen molar-refractivity contribution in [2.45, 2.75) is 13.0 Å². The fraction of sp³-hybridized carbons (Fsp3) is 0.160. The molecule has 0 saturated carbocycles. The number of fused-ring (bicyclic) bond motifs is 3. The van der Waals surface area contributed by atoms with Gasteiger partial charge in [0.15, 0.2) is 17.3 Å². The third kappa shape index (κ3) is 3.65. The molecule has 10 heteroatoms. The Morgan fingerprint density at radius 2 is 1.80 bits per heavy atom. The monoisotopic (exact) mass is 471 g/mol. The first-order valence-electron chi connectivity index (χ1n) is 10.8. The molecule has 35 heavy (non-hydrogen) atoms. The molecule has 0 N–H and O–H groups in total. The van der Waals surface area contributed by atoms with E-state index in [1.54, 1.807) is 14.2 Å². The number of aliphatic imine (C=N–C) groups is 1. The van der Waals surface area contributed by atoms with Crippen LogP contribution in [0.4, 0.5) is 11.5 Å². The highest BCUT2D eigenvalue weighted by atomic mass is 16.6. The molecule has 0 bridgehead atoms. The van der Waals surface area contributed by atoms with Crippen molar-refractivity contribution < 1.29 is 19.2 Å². The highest BCUT2D eigenvalue weighted by molar-refractivity contribution is 6.11. The lowest BCUT2D eigenvalue weighted by Crippen LogP contribution is -2.34. The number of aromatic nitrogens is 2. The number of nitrogens with zero attached hydrogens (tertiary/aromatic N) is 5. The number of carbonyl (C=O) groups excluding carboxylic acids is 1. The summed E-state index contributed by atoms with van der Waals surface area (Å²) in [5.41, 5.74) is 2.46. The van der Waals surface area contributed by atoms with E-state index in [1.165, 1.54) is 28.9 Å². The number of amidine groups is 1. The Balaban J connectivity index is 1.65. The number of anilines is 1. The van der Waals surface area contributed by atoms with Crippen LogP contribution in [0.15, 0.2) is 71.9 Å². The maximum atomic E-state index is 13.5. The van der Waals surface area contributed by atoms with E-state index >= 15 is 0 Å². The van der Waals surface area contributed by atoms with Gasteiger partial charge in [0.05, 0.1) is 24.8 Å². The van der Waals surface area contributed by atoms with E-state index in [-0.39, 0.29) is 11.3 Å². The fourth-order valence-corrected chi connectivity index (χ4v) is 4.25. The summed E-state index contributed by atoms with van der Waals surface area (Å²) in [5.74, 6) is 1.98. The highest BCUT2D eigenvalue weighted by Crippen LogP contribution is 2.43. The van der Waals surface area contributed by atoms with Gasteiger partial charge in [0.2, 0.25) is 0 Å². The number of nitro groups is 1. The van der Waals surface area contributed by atoms with Gasteiger partial charge in [-0.25, -0.2) is 0 Å². The van der Waals surface area contributed by atoms with Crippen LogP contribution in [0.3, 0.4) is 0 Å². The van der Waals surface area contributed by atoms with Crippen molar-refractivity contribution >= 4 is 23.2 Å². The number of hydrogen-bond donors (Lipinski definition) is 0. The molecule has 10 nitrogen and oxygen atoms in total. The maximum Gasteiger partial charge on any atom is 0.280 e. The van der Waals surface area contributed by atoms with Crippen LogP contribution in [0.1, 0.15) is 33.2 Å². The van der Waals surface area contributed by atoms with Crippen LogP contribution < -0.4 is 14.4 Å². The van der Waals surface area contributed by atoms with Gasteiger partial charge in [-0.2, -0.15) is 9.78 Å². The van der Waals surface area contributed by atoms with Gasteiger partial charge in [-0.05, 0) is 48.9 Å². The van der Waals surface area contributed by atoms with E-state index in [9.17, 15) is 14.9 Å². The molecular formula is C25H21N5O5. The molecule has 0 fully saturated rings. The molecule has 1 atom stereocenters. The Morgan fingerprint density at radius 3 is 2.49 bits per heavy atom. The summed E-state index contributed by atoms with van der Waals surface area (Å²) in [5, 5.41) is 15.6. The first-order valence-corrected chi connectivity index (χ1v) is 10.8. The van der Waals surface area contributed by atoms with E-state index in [1.807, 2.05) is 54.5 Å². The minimum Gasteiger partial charge on any atom is -0.493 e. The van der Waals surface area contributed by atoms with Crippen molar-refractivity contribution in [3.8, 4) is 11.5 Å². The third-order valence-corrected chi connectivity index (χ3v) is 5.92. The van der Waals surface area contributed by atoms with Gasteiger partial charge < -0.3 is 9.47 Å². The summed E-state index contributed by atoms with van der Waals surface area (Å²) in [6.07, 6.45) is 7.41. The Labute approximate surface area is 200 Å². The number of rotatable bonds is 5. The van der Waals surface area contributed by atoms with Gasteiger partial charge in [-0.1, -0.05) is 12.1 Å². The summed E-state index contributed by atoms with van der Waals surface area (Å²) in [6.45, 7) is 1.83. The number of methoxy groups -OCH3 is 2. The maximum absolute atomic E-state index is 13.5. The van der Waals surface area contributed by atoms with Crippen LogP contribution in [-0.2, 0) is 0 Å². The molecule has 1 aromatic heterocycles. The zero-order valence-corrected chi connectivity index (χ0v) is 19.2. The average molecular weight is 471 g/mol. The van der Waals surface area contributed by atoms with Crippen molar-refractivity contribution in [3.63, 3.8) is 0 Å². The van der Waals surface area contributed by atoms with Gasteiger partial charge in [0.25, 0.3) is 11.6 Å². The number of benzene rings is 2. The van der Waals surface area contributed by atoms with E-state index < -0.39 is 16.9 Å². The minimum absolute atomic E-state index is 0.0905. The number of hydrogen-bond acceptors (Lipinski definition) is 8. The number of allylic oxidation sites excluding steroid dienone is 2. The highest BCUT2D eigenvalue weighted by Gasteiger charge is 2.36. The number of carbonyl (C=O) groups is 1. The summed E-state index contributed by atoms with van der Waals surface area (Å²) in [4.78, 5) is 30.8. The second kappa shape index (κ2) is 8.56. The molecule has 0 saturated heterocycles. The summed E-state index contributed by atoms with van der Waals surface area (Å²) >= 11 is 0. The van der Waals surface area contributed by atoms with Crippen LogP contribution in [-0.4, -0.2) is 40.7 Å².